The summed E-state index contributed by atoms with van der Waals surface area (Å²) in [5.41, 5.74) is 25.6. The molecule has 116 heavy (non-hydrogen) atoms. The lowest BCUT2D eigenvalue weighted by molar-refractivity contribution is 1.23. The second kappa shape index (κ2) is 28.0. The van der Waals surface area contributed by atoms with Crippen molar-refractivity contribution in [1.29, 1.82) is 0 Å². The Kier molecular flexibility index (Phi) is 16.3. The van der Waals surface area contributed by atoms with E-state index in [0.29, 0.717) is 0 Å². The van der Waals surface area contributed by atoms with Crippen molar-refractivity contribution in [3.05, 3.63) is 389 Å². The molecule has 0 bridgehead atoms. The first-order chi connectivity index (χ1) is 57.5. The number of benzene rings is 18. The van der Waals surface area contributed by atoms with Gasteiger partial charge in [-0.1, -0.05) is 303 Å². The molecule has 24 aromatic rings. The van der Waals surface area contributed by atoms with Crippen molar-refractivity contribution in [2.24, 2.45) is 0 Å². The van der Waals surface area contributed by atoms with Gasteiger partial charge in [0.15, 0.2) is 0 Å². The summed E-state index contributed by atoms with van der Waals surface area (Å²) in [6.07, 6.45) is 3.43. The minimum atomic E-state index is 0.941. The highest BCUT2D eigenvalue weighted by atomic mass is 32.1. The molecule has 0 aliphatic rings. The second-order valence-corrected chi connectivity index (χ2v) is 34.0. The summed E-state index contributed by atoms with van der Waals surface area (Å²) in [5, 5.41) is 17.1. The molecule has 0 N–H and O–H groups in total. The van der Waals surface area contributed by atoms with Crippen LogP contribution in [0.5, 0.6) is 0 Å². The Morgan fingerprint density at radius 2 is 0.457 bits per heavy atom. The van der Waals surface area contributed by atoms with Gasteiger partial charge in [0, 0.05) is 113 Å². The molecule has 0 aliphatic carbocycles. The van der Waals surface area contributed by atoms with Crippen LogP contribution in [0, 0.1) is 0 Å². The molecule has 6 aromatic heterocycles. The number of hydrogen-bond acceptors (Lipinski definition) is 8. The van der Waals surface area contributed by atoms with Crippen LogP contribution in [-0.4, -0.2) is 19.9 Å². The Hall–Kier alpha value is -14.0. The first-order valence-electron chi connectivity index (χ1n) is 39.1. The summed E-state index contributed by atoms with van der Waals surface area (Å²) >= 11 is 7.50. The summed E-state index contributed by atoms with van der Waals surface area (Å²) in [4.78, 5) is 19.5. The predicted molar refractivity (Wildman–Crippen MR) is 500 cm³/mol. The summed E-state index contributed by atoms with van der Waals surface area (Å²) < 4.78 is 10.5. The third-order valence-electron chi connectivity index (χ3n) is 23.2. The first-order valence-corrected chi connectivity index (χ1v) is 42.3. The molecule has 4 nitrogen and oxygen atoms in total. The lowest BCUT2D eigenvalue weighted by Gasteiger charge is -2.11. The summed E-state index contributed by atoms with van der Waals surface area (Å²) in [6, 6.07) is 137. The maximum atomic E-state index is 4.89. The molecular formula is C108H64N4S4. The lowest BCUT2D eigenvalue weighted by atomic mass is 9.95. The molecule has 0 aliphatic heterocycles. The second-order valence-electron chi connectivity index (χ2n) is 29.8. The van der Waals surface area contributed by atoms with Crippen molar-refractivity contribution in [2.45, 2.75) is 0 Å². The van der Waals surface area contributed by atoms with Gasteiger partial charge in [-0.3, -0.25) is 0 Å². The Morgan fingerprint density at radius 1 is 0.155 bits per heavy atom. The molecule has 0 fully saturated rings. The van der Waals surface area contributed by atoms with E-state index in [4.69, 9.17) is 19.9 Å². The van der Waals surface area contributed by atoms with E-state index >= 15 is 0 Å². The molecule has 540 valence electrons. The molecule has 0 unspecified atom stereocenters. The highest BCUT2D eigenvalue weighted by molar-refractivity contribution is 7.28. The van der Waals surface area contributed by atoms with Gasteiger partial charge in [-0.05, 0) is 173 Å². The van der Waals surface area contributed by atoms with Crippen LogP contribution >= 0.6 is 45.3 Å². The Balaban J connectivity index is 0.000000137. The molecule has 18 aromatic carbocycles. The highest BCUT2D eigenvalue weighted by Gasteiger charge is 2.21. The standard InChI is InChI=1S/2C54H32N2S2/c1-2-11-33(12-3-1)41-18-8-22-46-47-23-10-20-43(54(47)58-53(41)46)37-15-7-16-39(31-37)50-48-28-26-38-30-35(25-27-40(38)51(48)56-32-55-50)34-13-6-14-36(29-34)42-19-9-21-45-44-17-4-5-24-49(44)57-52(42)45;1-2-10-33(11-3-1)36-24-27-50-48(31-36)46-20-9-18-43(54(46)58-50)38-14-7-15-40(30-38)51-47-26-23-39-29-35(22-25-41(39)52(47)56-32-55-51)34-12-6-13-37(28-34)42-17-8-19-45-44-16-4-5-21-49(44)57-53(42)45/h2*1-32H. The zero-order valence-electron chi connectivity index (χ0n) is 62.4. The third-order valence-corrected chi connectivity index (χ3v) is 28.1. The predicted octanol–water partition coefficient (Wildman–Crippen LogP) is 31.7. The van der Waals surface area contributed by atoms with Gasteiger partial charge >= 0.3 is 0 Å². The maximum Gasteiger partial charge on any atom is 0.116 e. The SMILES string of the molecule is c1ccc(-c2ccc3sc4c(-c5cccc(-c6ncnc7c6ccc6cc(-c8cccc(-c9cccc%10c9sc9ccccc9%10)c8)ccc67)c5)cccc4c3c2)cc1.c1ccc(-c2cccc3c2sc2c(-c4cccc(-c5ncnc6c5ccc5cc(-c7cccc(-c8cccc9c8sc8ccccc89)c7)ccc56)c4)cccc23)cc1. The van der Waals surface area contributed by atoms with Crippen LogP contribution in [0.25, 0.3) is 236 Å². The average molecular weight is 1550 g/mol. The van der Waals surface area contributed by atoms with Crippen LogP contribution in [-0.2, 0) is 0 Å². The molecule has 6 heterocycles. The van der Waals surface area contributed by atoms with E-state index in [9.17, 15) is 0 Å². The fourth-order valence-electron chi connectivity index (χ4n) is 17.6. The van der Waals surface area contributed by atoms with Gasteiger partial charge in [-0.25, -0.2) is 19.9 Å². The monoisotopic (exact) mass is 1540 g/mol. The quantitative estimate of drug-likeness (QED) is 0.128. The zero-order chi connectivity index (χ0) is 76.3. The van der Waals surface area contributed by atoms with E-state index in [1.807, 2.05) is 45.3 Å². The third kappa shape index (κ3) is 11.6. The zero-order valence-corrected chi connectivity index (χ0v) is 65.6. The van der Waals surface area contributed by atoms with E-state index in [1.165, 1.54) is 170 Å². The van der Waals surface area contributed by atoms with Crippen molar-refractivity contribution in [2.75, 3.05) is 0 Å². The van der Waals surface area contributed by atoms with Gasteiger partial charge < -0.3 is 0 Å². The summed E-state index contributed by atoms with van der Waals surface area (Å²) in [6.45, 7) is 0. The molecule has 0 amide bonds. The van der Waals surface area contributed by atoms with Crippen molar-refractivity contribution in [3.63, 3.8) is 0 Å². The minimum Gasteiger partial charge on any atom is -0.236 e. The Bertz CT molecular complexity index is 8100. The fraction of sp³-hybridized carbons (Fsp3) is 0. The van der Waals surface area contributed by atoms with Crippen LogP contribution in [0.3, 0.4) is 0 Å². The van der Waals surface area contributed by atoms with E-state index in [0.717, 1.165) is 65.9 Å². The number of hydrogen-bond donors (Lipinski definition) is 0. The van der Waals surface area contributed by atoms with Crippen LogP contribution in [0.4, 0.5) is 0 Å². The topological polar surface area (TPSA) is 51.6 Å². The summed E-state index contributed by atoms with van der Waals surface area (Å²) in [7, 11) is 0. The fourth-order valence-corrected chi connectivity index (χ4v) is 22.7. The highest BCUT2D eigenvalue weighted by Crippen LogP contribution is 2.49. The van der Waals surface area contributed by atoms with E-state index < -0.39 is 0 Å². The van der Waals surface area contributed by atoms with Gasteiger partial charge in [0.25, 0.3) is 0 Å². The smallest absolute Gasteiger partial charge is 0.116 e. The molecular weight excluding hydrogens is 1480 g/mol. The molecule has 0 radical (unpaired) electrons. The van der Waals surface area contributed by atoms with E-state index in [-0.39, 0.29) is 0 Å². The average Bonchev–Trinajstić information content (AvgIpc) is 1.52. The Labute approximate surface area is 684 Å². The van der Waals surface area contributed by atoms with E-state index in [1.54, 1.807) is 12.7 Å². The molecule has 0 spiro atoms. The van der Waals surface area contributed by atoms with Crippen molar-refractivity contribution < 1.29 is 0 Å². The maximum absolute atomic E-state index is 4.89. The first kappa shape index (κ1) is 67.7. The van der Waals surface area contributed by atoms with Crippen LogP contribution in [0.2, 0.25) is 0 Å². The van der Waals surface area contributed by atoms with Gasteiger partial charge in [-0.2, -0.15) is 0 Å². The van der Waals surface area contributed by atoms with Gasteiger partial charge in [-0.15, -0.1) is 45.3 Å². The van der Waals surface area contributed by atoms with Gasteiger partial charge in [0.05, 0.1) is 22.4 Å². The van der Waals surface area contributed by atoms with E-state index in [2.05, 4.69) is 376 Å². The van der Waals surface area contributed by atoms with Gasteiger partial charge in [0.2, 0.25) is 0 Å². The number of fused-ring (bicyclic) bond motifs is 18. The number of thiophene rings is 4. The number of nitrogens with zero attached hydrogens (tertiary/aromatic N) is 4. The van der Waals surface area contributed by atoms with Crippen LogP contribution in [0.15, 0.2) is 389 Å². The largest absolute Gasteiger partial charge is 0.236 e. The molecule has 0 saturated carbocycles. The normalized spacial score (nSPS) is 11.8. The summed E-state index contributed by atoms with van der Waals surface area (Å²) in [5.74, 6) is 0. The van der Waals surface area contributed by atoms with Crippen LogP contribution in [0.1, 0.15) is 0 Å². The van der Waals surface area contributed by atoms with Crippen molar-refractivity contribution in [3.8, 4) is 112 Å². The minimum absolute atomic E-state index is 0.941. The van der Waals surface area contributed by atoms with Crippen molar-refractivity contribution >= 4 is 169 Å². The number of rotatable bonds is 10. The van der Waals surface area contributed by atoms with Crippen LogP contribution < -0.4 is 0 Å². The Morgan fingerprint density at radius 3 is 0.914 bits per heavy atom. The number of aromatic nitrogens is 4. The van der Waals surface area contributed by atoms with Crippen molar-refractivity contribution in [1.82, 2.24) is 19.9 Å². The molecule has 0 atom stereocenters. The molecule has 0 saturated heterocycles. The van der Waals surface area contributed by atoms with Gasteiger partial charge in [0.1, 0.15) is 12.7 Å². The molecule has 8 heteroatoms. The molecule has 24 rings (SSSR count). The lowest BCUT2D eigenvalue weighted by Crippen LogP contribution is -1.91.